The Morgan fingerprint density at radius 2 is 1.31 bits per heavy atom. The fraction of sp³-hybridized carbons (Fsp3) is 0.217. The molecule has 48 heavy (non-hydrogen) atoms. The molecule has 1 heterocycles. The highest BCUT2D eigenvalue weighted by Crippen LogP contribution is 2.70. The summed E-state index contributed by atoms with van der Waals surface area (Å²) in [5.74, 6) is 3.36. The Morgan fingerprint density at radius 1 is 0.604 bits per heavy atom. The summed E-state index contributed by atoms with van der Waals surface area (Å²) in [7, 11) is 0. The van der Waals surface area contributed by atoms with Crippen LogP contribution in [0.5, 0.6) is 0 Å². The summed E-state index contributed by atoms with van der Waals surface area (Å²) in [5, 5.41) is 2.19. The van der Waals surface area contributed by atoms with Crippen LogP contribution >= 0.6 is 0 Å². The molecule has 1 spiro atoms. The third-order valence-electron chi connectivity index (χ3n) is 12.5. The molecule has 2 heteroatoms. The van der Waals surface area contributed by atoms with Crippen molar-refractivity contribution in [2.75, 3.05) is 4.90 Å². The van der Waals surface area contributed by atoms with Gasteiger partial charge in [0.15, 0.2) is 5.58 Å². The lowest BCUT2D eigenvalue weighted by atomic mass is 9.43. The summed E-state index contributed by atoms with van der Waals surface area (Å²) in [6, 6.07) is 53.2. The number of para-hydroxylation sites is 1. The summed E-state index contributed by atoms with van der Waals surface area (Å²) < 4.78 is 6.15. The van der Waals surface area contributed by atoms with Crippen LogP contribution in [0.2, 0.25) is 0 Å². The normalized spacial score (nSPS) is 24.6. The summed E-state index contributed by atoms with van der Waals surface area (Å²) in [6.07, 6.45) is 7.05. The maximum atomic E-state index is 6.15. The summed E-state index contributed by atoms with van der Waals surface area (Å²) in [6.45, 7) is 0. The second kappa shape index (κ2) is 9.88. The number of hydrogen-bond donors (Lipinski definition) is 0. The van der Waals surface area contributed by atoms with E-state index in [9.17, 15) is 0 Å². The van der Waals surface area contributed by atoms with Crippen molar-refractivity contribution < 1.29 is 4.42 Å². The largest absolute Gasteiger partial charge is 0.447 e. The molecule has 0 N–H and O–H groups in total. The van der Waals surface area contributed by atoms with Gasteiger partial charge in [-0.3, -0.25) is 0 Å². The van der Waals surface area contributed by atoms with E-state index in [0.29, 0.717) is 0 Å². The van der Waals surface area contributed by atoms with Crippen LogP contribution in [0.4, 0.5) is 17.1 Å². The fourth-order valence-electron chi connectivity index (χ4n) is 11.0. The van der Waals surface area contributed by atoms with Crippen LogP contribution in [-0.2, 0) is 5.41 Å². The average molecular weight is 618 g/mol. The molecule has 4 fully saturated rings. The lowest BCUT2D eigenvalue weighted by Gasteiger charge is -2.61. The van der Waals surface area contributed by atoms with Crippen LogP contribution in [-0.4, -0.2) is 0 Å². The minimum Gasteiger partial charge on any atom is -0.447 e. The van der Waals surface area contributed by atoms with Crippen molar-refractivity contribution in [3.63, 3.8) is 0 Å². The van der Waals surface area contributed by atoms with Gasteiger partial charge in [0.2, 0.25) is 0 Å². The van der Waals surface area contributed by atoms with Gasteiger partial charge in [-0.05, 0) is 144 Å². The molecule has 0 aliphatic heterocycles. The van der Waals surface area contributed by atoms with Crippen LogP contribution in [0.25, 0.3) is 44.2 Å². The molecular weight excluding hydrogens is 583 g/mol. The van der Waals surface area contributed by atoms with E-state index in [1.165, 1.54) is 60.2 Å². The predicted molar refractivity (Wildman–Crippen MR) is 195 cm³/mol. The van der Waals surface area contributed by atoms with Gasteiger partial charge in [0.25, 0.3) is 0 Å². The minimum absolute atomic E-state index is 0.145. The zero-order chi connectivity index (χ0) is 31.4. The van der Waals surface area contributed by atoms with Gasteiger partial charge in [0, 0.05) is 33.1 Å². The number of fused-ring (bicyclic) bond motifs is 6. The summed E-state index contributed by atoms with van der Waals surface area (Å²) >= 11 is 0. The molecule has 0 unspecified atom stereocenters. The topological polar surface area (TPSA) is 16.4 Å². The van der Waals surface area contributed by atoms with Crippen molar-refractivity contribution in [1.29, 1.82) is 0 Å². The van der Waals surface area contributed by atoms with Gasteiger partial charge in [-0.1, -0.05) is 78.9 Å². The Labute approximate surface area is 281 Å². The fourth-order valence-corrected chi connectivity index (χ4v) is 11.0. The SMILES string of the molecule is c1ccc2c(c#1)oc1cc(-c3ccc(N(c4ccccc4)c4cccc5c4-c4ccccc4C54C5CC6CC(C5)CC4C6)cc3)ccc12. The average Bonchev–Trinajstić information content (AvgIpc) is 3.65. The number of furan rings is 1. The Hall–Kier alpha value is -5.26. The molecule has 6 aromatic carbocycles. The van der Waals surface area contributed by atoms with Crippen LogP contribution in [0.15, 0.2) is 132 Å². The standard InChI is InChI=1S/C46H35NO/c1-2-9-35(10-3-1)47(36-20-17-31(18-21-36)32-19-22-38-37-11-5-7-16-43(37)48-44(38)28-32)42-15-8-14-41-45(42)39-12-4-6-13-40(39)46(41)33-24-29-23-30(26-33)27-34(46)25-29/h1-6,8-15,17-22,28-30,33-34H,23-27H2. The van der Waals surface area contributed by atoms with E-state index in [1.807, 2.05) is 12.1 Å². The zero-order valence-electron chi connectivity index (χ0n) is 26.8. The second-order valence-corrected chi connectivity index (χ2v) is 14.8. The molecular formula is C46H35NO. The van der Waals surface area contributed by atoms with Crippen molar-refractivity contribution in [1.82, 2.24) is 0 Å². The molecule has 0 amide bonds. The van der Waals surface area contributed by atoms with Gasteiger partial charge in [-0.15, -0.1) is 0 Å². The lowest BCUT2D eigenvalue weighted by molar-refractivity contribution is -0.0399. The molecule has 0 atom stereocenters. The van der Waals surface area contributed by atoms with Crippen molar-refractivity contribution in [3.8, 4) is 22.3 Å². The first kappa shape index (κ1) is 26.8. The van der Waals surface area contributed by atoms with Gasteiger partial charge in [-0.25, -0.2) is 0 Å². The monoisotopic (exact) mass is 617 g/mol. The zero-order valence-corrected chi connectivity index (χ0v) is 26.8. The highest BCUT2D eigenvalue weighted by atomic mass is 16.3. The molecule has 2 nitrogen and oxygen atoms in total. The summed E-state index contributed by atoms with van der Waals surface area (Å²) in [5.41, 5.74) is 13.8. The molecule has 5 aliphatic rings. The van der Waals surface area contributed by atoms with Crippen molar-refractivity contribution in [2.24, 2.45) is 23.7 Å². The van der Waals surface area contributed by atoms with Gasteiger partial charge < -0.3 is 9.32 Å². The Bertz CT molecular complexity index is 2340. The smallest absolute Gasteiger partial charge is 0.185 e. The van der Waals surface area contributed by atoms with Crippen LogP contribution in [0.3, 0.4) is 0 Å². The van der Waals surface area contributed by atoms with Crippen LogP contribution in [0.1, 0.15) is 43.2 Å². The van der Waals surface area contributed by atoms with E-state index >= 15 is 0 Å². The molecule has 1 aromatic heterocycles. The lowest BCUT2D eigenvalue weighted by Crippen LogP contribution is -2.55. The van der Waals surface area contributed by atoms with Gasteiger partial charge in [0.1, 0.15) is 5.58 Å². The first-order chi connectivity index (χ1) is 23.8. The molecule has 0 radical (unpaired) electrons. The van der Waals surface area contributed by atoms with E-state index < -0.39 is 0 Å². The third-order valence-corrected chi connectivity index (χ3v) is 12.5. The van der Waals surface area contributed by atoms with Gasteiger partial charge in [0.05, 0.1) is 5.69 Å². The number of anilines is 3. The van der Waals surface area contributed by atoms with Crippen LogP contribution < -0.4 is 4.90 Å². The molecule has 230 valence electrons. The number of benzene rings is 5. The van der Waals surface area contributed by atoms with E-state index in [-0.39, 0.29) is 5.41 Å². The van der Waals surface area contributed by atoms with Crippen molar-refractivity contribution in [2.45, 2.75) is 37.5 Å². The van der Waals surface area contributed by atoms with Crippen LogP contribution in [0, 0.1) is 35.8 Å². The molecule has 5 aliphatic carbocycles. The second-order valence-electron chi connectivity index (χ2n) is 14.8. The maximum Gasteiger partial charge on any atom is 0.185 e. The maximum absolute atomic E-state index is 6.15. The Kier molecular flexibility index (Phi) is 5.51. The highest BCUT2D eigenvalue weighted by Gasteiger charge is 2.61. The number of rotatable bonds is 4. The number of hydrogen-bond acceptors (Lipinski definition) is 2. The minimum atomic E-state index is 0.145. The quantitative estimate of drug-likeness (QED) is 0.195. The van der Waals surface area contributed by atoms with Gasteiger partial charge in [-0.2, -0.15) is 0 Å². The van der Waals surface area contributed by atoms with Crippen molar-refractivity contribution in [3.05, 3.63) is 151 Å². The molecule has 0 saturated heterocycles. The summed E-state index contributed by atoms with van der Waals surface area (Å²) in [4.78, 5) is 2.49. The van der Waals surface area contributed by atoms with Crippen molar-refractivity contribution >= 4 is 39.0 Å². The predicted octanol–water partition coefficient (Wildman–Crippen LogP) is 12.0. The Morgan fingerprint density at radius 3 is 2.12 bits per heavy atom. The van der Waals surface area contributed by atoms with E-state index in [4.69, 9.17) is 4.42 Å². The Balaban J connectivity index is 1.06. The highest BCUT2D eigenvalue weighted by molar-refractivity contribution is 6.05. The first-order valence-electron chi connectivity index (χ1n) is 17.7. The molecule has 7 aromatic rings. The molecule has 4 saturated carbocycles. The third kappa shape index (κ3) is 3.60. The first-order valence-corrected chi connectivity index (χ1v) is 17.7. The molecule has 12 rings (SSSR count). The van der Waals surface area contributed by atoms with E-state index in [2.05, 4.69) is 132 Å². The van der Waals surface area contributed by atoms with E-state index in [1.54, 1.807) is 11.1 Å². The molecule has 4 bridgehead atoms. The van der Waals surface area contributed by atoms with E-state index in [0.717, 1.165) is 56.9 Å². The van der Waals surface area contributed by atoms with Gasteiger partial charge >= 0.3 is 0 Å². The number of nitrogens with zero attached hydrogens (tertiary/aromatic N) is 1.